The van der Waals surface area contributed by atoms with Crippen LogP contribution in [-0.4, -0.2) is 35.0 Å². The first-order chi connectivity index (χ1) is 12.2. The van der Waals surface area contributed by atoms with E-state index in [0.29, 0.717) is 44.3 Å². The zero-order chi connectivity index (χ0) is 18.9. The van der Waals surface area contributed by atoms with Crippen molar-refractivity contribution in [3.8, 4) is 0 Å². The molecule has 1 amide bonds. The topological polar surface area (TPSA) is 57.6 Å². The van der Waals surface area contributed by atoms with Crippen LogP contribution >= 0.6 is 0 Å². The summed E-state index contributed by atoms with van der Waals surface area (Å²) in [5.41, 5.74) is -1.23. The molecule has 142 valence electrons. The number of aliphatic carboxylic acids is 1. The molecule has 1 heterocycles. The summed E-state index contributed by atoms with van der Waals surface area (Å²) in [6, 6.07) is 5.10. The van der Waals surface area contributed by atoms with E-state index in [1.54, 1.807) is 11.0 Å². The molecule has 1 saturated carbocycles. The Morgan fingerprint density at radius 1 is 1.12 bits per heavy atom. The summed E-state index contributed by atoms with van der Waals surface area (Å²) >= 11 is 0. The Balaban J connectivity index is 1.87. The summed E-state index contributed by atoms with van der Waals surface area (Å²) in [5, 5.41) is 9.10. The molecule has 1 N–H and O–H groups in total. The van der Waals surface area contributed by atoms with Crippen LogP contribution in [0.2, 0.25) is 0 Å². The third kappa shape index (κ3) is 3.44. The van der Waals surface area contributed by atoms with Crippen molar-refractivity contribution in [1.29, 1.82) is 0 Å². The number of nitrogens with zero attached hydrogens (tertiary/aromatic N) is 1. The van der Waals surface area contributed by atoms with Crippen molar-refractivity contribution in [2.75, 3.05) is 13.1 Å². The first kappa shape index (κ1) is 18.7. The van der Waals surface area contributed by atoms with Crippen LogP contribution in [0.15, 0.2) is 24.3 Å². The van der Waals surface area contributed by atoms with Gasteiger partial charge in [-0.1, -0.05) is 31.0 Å². The lowest BCUT2D eigenvalue weighted by Gasteiger charge is -2.38. The highest BCUT2D eigenvalue weighted by Gasteiger charge is 2.46. The van der Waals surface area contributed by atoms with Crippen molar-refractivity contribution in [2.24, 2.45) is 5.92 Å². The number of carboxylic acids is 1. The van der Waals surface area contributed by atoms with E-state index >= 15 is 0 Å². The highest BCUT2D eigenvalue weighted by atomic mass is 19.4. The minimum atomic E-state index is -4.45. The van der Waals surface area contributed by atoms with Crippen LogP contribution in [0.25, 0.3) is 0 Å². The van der Waals surface area contributed by atoms with Gasteiger partial charge in [0.05, 0.1) is 16.9 Å². The maximum atomic E-state index is 13.3. The second kappa shape index (κ2) is 6.93. The number of carbonyl (C=O) groups excluding carboxylic acids is 1. The molecule has 3 rings (SSSR count). The Hall–Kier alpha value is -2.05. The van der Waals surface area contributed by atoms with E-state index in [2.05, 4.69) is 0 Å². The van der Waals surface area contributed by atoms with Gasteiger partial charge < -0.3 is 10.0 Å². The zero-order valence-electron chi connectivity index (χ0n) is 14.4. The largest absolute Gasteiger partial charge is 0.481 e. The molecule has 0 atom stereocenters. The number of piperidine rings is 1. The lowest BCUT2D eigenvalue weighted by Crippen LogP contribution is -2.49. The summed E-state index contributed by atoms with van der Waals surface area (Å²) in [6.07, 6.45) is -1.00. The third-order valence-electron chi connectivity index (χ3n) is 5.74. The van der Waals surface area contributed by atoms with Crippen LogP contribution in [0.5, 0.6) is 0 Å². The summed E-state index contributed by atoms with van der Waals surface area (Å²) in [5.74, 6) is -1.46. The van der Waals surface area contributed by atoms with E-state index in [-0.39, 0.29) is 5.91 Å². The lowest BCUT2D eigenvalue weighted by molar-refractivity contribution is -0.147. The van der Waals surface area contributed by atoms with Gasteiger partial charge in [-0.3, -0.25) is 9.59 Å². The SMILES string of the molecule is O=C(O)C1CCN(C(=O)C2(c3cccc(C(F)(F)F)c3)CCCC2)CC1. The number of benzene rings is 1. The predicted molar refractivity (Wildman–Crippen MR) is 88.5 cm³/mol. The van der Waals surface area contributed by atoms with E-state index in [1.165, 1.54) is 6.07 Å². The Labute approximate surface area is 150 Å². The van der Waals surface area contributed by atoms with Gasteiger partial charge in [0.25, 0.3) is 0 Å². The molecule has 1 aromatic rings. The van der Waals surface area contributed by atoms with Crippen molar-refractivity contribution in [3.63, 3.8) is 0 Å². The molecule has 1 saturated heterocycles. The first-order valence-electron chi connectivity index (χ1n) is 8.94. The van der Waals surface area contributed by atoms with Gasteiger partial charge in [-0.15, -0.1) is 0 Å². The minimum absolute atomic E-state index is 0.154. The fourth-order valence-corrected chi connectivity index (χ4v) is 4.23. The van der Waals surface area contributed by atoms with Gasteiger partial charge in [-0.05, 0) is 37.3 Å². The molecular weight excluding hydrogens is 347 g/mol. The van der Waals surface area contributed by atoms with Gasteiger partial charge in [0, 0.05) is 13.1 Å². The Bertz CT molecular complexity index is 688. The summed E-state index contributed by atoms with van der Waals surface area (Å²) in [6.45, 7) is 0.688. The average Bonchev–Trinajstić information content (AvgIpc) is 3.11. The Morgan fingerprint density at radius 3 is 2.27 bits per heavy atom. The fourth-order valence-electron chi connectivity index (χ4n) is 4.23. The zero-order valence-corrected chi connectivity index (χ0v) is 14.4. The minimum Gasteiger partial charge on any atom is -0.481 e. The maximum absolute atomic E-state index is 13.3. The number of halogens is 3. The molecule has 26 heavy (non-hydrogen) atoms. The van der Waals surface area contributed by atoms with Gasteiger partial charge in [-0.2, -0.15) is 13.2 Å². The van der Waals surface area contributed by atoms with Crippen LogP contribution < -0.4 is 0 Å². The van der Waals surface area contributed by atoms with Gasteiger partial charge >= 0.3 is 12.1 Å². The highest BCUT2D eigenvalue weighted by Crippen LogP contribution is 2.44. The smallest absolute Gasteiger partial charge is 0.416 e. The molecular formula is C19H22F3NO3. The molecule has 0 spiro atoms. The number of carboxylic acid groups (broad SMARTS) is 1. The first-order valence-corrected chi connectivity index (χ1v) is 8.94. The molecule has 7 heteroatoms. The van der Waals surface area contributed by atoms with Crippen LogP contribution in [0.1, 0.15) is 49.7 Å². The van der Waals surface area contributed by atoms with Crippen molar-refractivity contribution < 1.29 is 27.9 Å². The second-order valence-electron chi connectivity index (χ2n) is 7.27. The third-order valence-corrected chi connectivity index (χ3v) is 5.74. The molecule has 1 aromatic carbocycles. The van der Waals surface area contributed by atoms with E-state index < -0.39 is 29.0 Å². The summed E-state index contributed by atoms with van der Waals surface area (Å²) in [7, 11) is 0. The normalized spacial score (nSPS) is 21.0. The van der Waals surface area contributed by atoms with Crippen molar-refractivity contribution >= 4 is 11.9 Å². The molecule has 1 aliphatic heterocycles. The Morgan fingerprint density at radius 2 is 1.73 bits per heavy atom. The van der Waals surface area contributed by atoms with Crippen molar-refractivity contribution in [1.82, 2.24) is 4.90 Å². The van der Waals surface area contributed by atoms with Crippen LogP contribution in [0, 0.1) is 5.92 Å². The number of hydrogen-bond acceptors (Lipinski definition) is 2. The lowest BCUT2D eigenvalue weighted by atomic mass is 9.76. The summed E-state index contributed by atoms with van der Waals surface area (Å²) in [4.78, 5) is 26.0. The van der Waals surface area contributed by atoms with Crippen molar-refractivity contribution in [3.05, 3.63) is 35.4 Å². The van der Waals surface area contributed by atoms with E-state index in [9.17, 15) is 22.8 Å². The molecule has 1 aliphatic carbocycles. The van der Waals surface area contributed by atoms with Gasteiger partial charge in [0.2, 0.25) is 5.91 Å². The monoisotopic (exact) mass is 369 g/mol. The molecule has 0 radical (unpaired) electrons. The van der Waals surface area contributed by atoms with E-state index in [1.807, 2.05) is 0 Å². The number of rotatable bonds is 3. The highest BCUT2D eigenvalue weighted by molar-refractivity contribution is 5.89. The number of carbonyl (C=O) groups is 2. The molecule has 4 nitrogen and oxygen atoms in total. The Kier molecular flexibility index (Phi) is 4.99. The molecule has 0 unspecified atom stereocenters. The number of likely N-dealkylation sites (tertiary alicyclic amines) is 1. The number of amides is 1. The predicted octanol–water partition coefficient (Wildman–Crippen LogP) is 3.84. The molecule has 0 aromatic heterocycles. The standard InChI is InChI=1S/C19H22F3NO3/c20-19(21,22)15-5-3-4-14(12-15)18(8-1-2-9-18)17(26)23-10-6-13(7-11-23)16(24)25/h3-5,12-13H,1-2,6-11H2,(H,24,25). The number of alkyl halides is 3. The summed E-state index contributed by atoms with van der Waals surface area (Å²) < 4.78 is 39.3. The van der Waals surface area contributed by atoms with Gasteiger partial charge in [0.1, 0.15) is 0 Å². The molecule has 0 bridgehead atoms. The number of hydrogen-bond donors (Lipinski definition) is 1. The molecule has 2 fully saturated rings. The van der Waals surface area contributed by atoms with E-state index in [4.69, 9.17) is 5.11 Å². The fraction of sp³-hybridized carbons (Fsp3) is 0.579. The maximum Gasteiger partial charge on any atom is 0.416 e. The van der Waals surface area contributed by atoms with Crippen LogP contribution in [-0.2, 0) is 21.2 Å². The van der Waals surface area contributed by atoms with Crippen LogP contribution in [0.4, 0.5) is 13.2 Å². The van der Waals surface area contributed by atoms with Crippen molar-refractivity contribution in [2.45, 2.75) is 50.1 Å². The van der Waals surface area contributed by atoms with Gasteiger partial charge in [0.15, 0.2) is 0 Å². The second-order valence-corrected chi connectivity index (χ2v) is 7.27. The molecule has 2 aliphatic rings. The van der Waals surface area contributed by atoms with E-state index in [0.717, 1.165) is 25.0 Å². The quantitative estimate of drug-likeness (QED) is 0.881. The average molecular weight is 369 g/mol. The van der Waals surface area contributed by atoms with Crippen LogP contribution in [0.3, 0.4) is 0 Å². The van der Waals surface area contributed by atoms with Gasteiger partial charge in [-0.25, -0.2) is 0 Å².